The summed E-state index contributed by atoms with van der Waals surface area (Å²) in [6, 6.07) is 10.3. The second kappa shape index (κ2) is 5.19. The Hall–Kier alpha value is -2.59. The van der Waals surface area contributed by atoms with E-state index < -0.39 is 21.6 Å². The summed E-state index contributed by atoms with van der Waals surface area (Å²) in [7, 11) is -3.88. The minimum Gasteiger partial charge on any atom is -0.505 e. The number of hydrogen-bond donors (Lipinski definition) is 2. The number of anilines is 1. The first-order valence-electron chi connectivity index (χ1n) is 5.44. The molecule has 0 aromatic heterocycles. The van der Waals surface area contributed by atoms with Gasteiger partial charge in [0, 0.05) is 6.07 Å². The number of rotatable bonds is 3. The van der Waals surface area contributed by atoms with Crippen molar-refractivity contribution in [3.05, 3.63) is 53.8 Å². The van der Waals surface area contributed by atoms with Gasteiger partial charge in [-0.3, -0.25) is 4.72 Å². The highest BCUT2D eigenvalue weighted by atomic mass is 32.2. The number of phenols is 1. The fraction of sp³-hybridized carbons (Fsp3) is 0. The van der Waals surface area contributed by atoms with Crippen LogP contribution in [0, 0.1) is 17.1 Å². The molecule has 2 rings (SSSR count). The lowest BCUT2D eigenvalue weighted by molar-refractivity contribution is 0.432. The molecular formula is C13H9FN2O3S. The summed E-state index contributed by atoms with van der Waals surface area (Å²) in [6.45, 7) is 0. The molecule has 0 bridgehead atoms. The standard InChI is InChI=1S/C13H9FN2O3S/c14-12-7-10(3-6-13(12)17)16-20(18,19)11-4-1-9(8-15)2-5-11/h1-7,16-17H. The highest BCUT2D eigenvalue weighted by molar-refractivity contribution is 7.92. The Morgan fingerprint density at radius 2 is 1.80 bits per heavy atom. The maximum Gasteiger partial charge on any atom is 0.261 e. The fourth-order valence-electron chi connectivity index (χ4n) is 1.49. The number of nitriles is 1. The Morgan fingerprint density at radius 1 is 1.15 bits per heavy atom. The van der Waals surface area contributed by atoms with Crippen LogP contribution in [0.2, 0.25) is 0 Å². The second-order valence-electron chi connectivity index (χ2n) is 3.91. The molecule has 0 aliphatic heterocycles. The van der Waals surface area contributed by atoms with Gasteiger partial charge in [-0.2, -0.15) is 5.26 Å². The van der Waals surface area contributed by atoms with Gasteiger partial charge in [-0.15, -0.1) is 0 Å². The van der Waals surface area contributed by atoms with Crippen molar-refractivity contribution in [1.29, 1.82) is 5.26 Å². The summed E-state index contributed by atoms with van der Waals surface area (Å²) in [6.07, 6.45) is 0. The molecule has 2 aromatic rings. The Labute approximate surface area is 115 Å². The number of nitrogens with one attached hydrogen (secondary N) is 1. The van der Waals surface area contributed by atoms with E-state index in [0.717, 1.165) is 12.1 Å². The topological polar surface area (TPSA) is 90.2 Å². The average molecular weight is 292 g/mol. The molecule has 0 radical (unpaired) electrons. The van der Waals surface area contributed by atoms with Gasteiger partial charge >= 0.3 is 0 Å². The van der Waals surface area contributed by atoms with Gasteiger partial charge in [0.15, 0.2) is 11.6 Å². The van der Waals surface area contributed by atoms with Crippen molar-refractivity contribution in [2.45, 2.75) is 4.90 Å². The first kappa shape index (κ1) is 13.8. The van der Waals surface area contributed by atoms with Crippen LogP contribution in [0.15, 0.2) is 47.4 Å². The number of hydrogen-bond acceptors (Lipinski definition) is 4. The van der Waals surface area contributed by atoms with E-state index in [1.54, 1.807) is 0 Å². The lowest BCUT2D eigenvalue weighted by Crippen LogP contribution is -2.13. The van der Waals surface area contributed by atoms with E-state index >= 15 is 0 Å². The Balaban J connectivity index is 2.30. The Morgan fingerprint density at radius 3 is 2.35 bits per heavy atom. The van der Waals surface area contributed by atoms with Crippen LogP contribution < -0.4 is 4.72 Å². The van der Waals surface area contributed by atoms with Gasteiger partial charge in [-0.25, -0.2) is 12.8 Å². The third-order valence-corrected chi connectivity index (χ3v) is 3.89. The van der Waals surface area contributed by atoms with Crippen LogP contribution in [0.1, 0.15) is 5.56 Å². The molecule has 0 unspecified atom stereocenters. The molecule has 2 aromatic carbocycles. The van der Waals surface area contributed by atoms with Crippen molar-refractivity contribution in [3.8, 4) is 11.8 Å². The minimum atomic E-state index is -3.88. The molecule has 0 atom stereocenters. The van der Waals surface area contributed by atoms with E-state index in [9.17, 15) is 12.8 Å². The van der Waals surface area contributed by atoms with Gasteiger partial charge in [0.05, 0.1) is 22.2 Å². The van der Waals surface area contributed by atoms with Crippen LogP contribution in [-0.2, 0) is 10.0 Å². The molecule has 0 saturated carbocycles. The molecule has 0 aliphatic carbocycles. The van der Waals surface area contributed by atoms with Crippen LogP contribution >= 0.6 is 0 Å². The Bertz CT molecular complexity index is 780. The number of phenolic OH excluding ortho intramolecular Hbond substituents is 1. The number of nitrogens with zero attached hydrogens (tertiary/aromatic N) is 1. The van der Waals surface area contributed by atoms with E-state index in [0.29, 0.717) is 5.56 Å². The average Bonchev–Trinajstić information content (AvgIpc) is 2.43. The molecule has 7 heteroatoms. The van der Waals surface area contributed by atoms with Crippen LogP contribution in [-0.4, -0.2) is 13.5 Å². The van der Waals surface area contributed by atoms with E-state index in [2.05, 4.69) is 4.72 Å². The molecule has 102 valence electrons. The lowest BCUT2D eigenvalue weighted by atomic mass is 10.2. The first-order chi connectivity index (χ1) is 9.42. The van der Waals surface area contributed by atoms with Crippen molar-refractivity contribution in [2.24, 2.45) is 0 Å². The second-order valence-corrected chi connectivity index (χ2v) is 5.59. The molecule has 0 fully saturated rings. The van der Waals surface area contributed by atoms with Crippen molar-refractivity contribution in [1.82, 2.24) is 0 Å². The van der Waals surface area contributed by atoms with Gasteiger partial charge in [0.1, 0.15) is 0 Å². The van der Waals surface area contributed by atoms with Crippen molar-refractivity contribution in [2.75, 3.05) is 4.72 Å². The van der Waals surface area contributed by atoms with E-state index in [1.807, 2.05) is 6.07 Å². The molecule has 2 N–H and O–H groups in total. The maximum atomic E-state index is 13.1. The molecule has 0 spiro atoms. The largest absolute Gasteiger partial charge is 0.505 e. The monoisotopic (exact) mass is 292 g/mol. The number of benzene rings is 2. The highest BCUT2D eigenvalue weighted by Crippen LogP contribution is 2.22. The molecule has 0 heterocycles. The van der Waals surface area contributed by atoms with Crippen LogP contribution in [0.3, 0.4) is 0 Å². The summed E-state index contributed by atoms with van der Waals surface area (Å²) >= 11 is 0. The summed E-state index contributed by atoms with van der Waals surface area (Å²) < 4.78 is 39.3. The highest BCUT2D eigenvalue weighted by Gasteiger charge is 2.15. The number of sulfonamides is 1. The van der Waals surface area contributed by atoms with Crippen LogP contribution in [0.25, 0.3) is 0 Å². The fourth-order valence-corrected chi connectivity index (χ4v) is 2.54. The predicted molar refractivity (Wildman–Crippen MR) is 70.0 cm³/mol. The molecular weight excluding hydrogens is 283 g/mol. The van der Waals surface area contributed by atoms with E-state index in [1.165, 1.54) is 30.3 Å². The molecule has 20 heavy (non-hydrogen) atoms. The smallest absolute Gasteiger partial charge is 0.261 e. The van der Waals surface area contributed by atoms with E-state index in [4.69, 9.17) is 10.4 Å². The summed E-state index contributed by atoms with van der Waals surface area (Å²) in [5, 5.41) is 17.7. The molecule has 5 nitrogen and oxygen atoms in total. The summed E-state index contributed by atoms with van der Waals surface area (Å²) in [5.41, 5.74) is 0.323. The quantitative estimate of drug-likeness (QED) is 0.849. The SMILES string of the molecule is N#Cc1ccc(S(=O)(=O)Nc2ccc(O)c(F)c2)cc1. The van der Waals surface area contributed by atoms with Gasteiger partial charge in [0.25, 0.3) is 10.0 Å². The van der Waals surface area contributed by atoms with Crippen molar-refractivity contribution < 1.29 is 17.9 Å². The van der Waals surface area contributed by atoms with Crippen LogP contribution in [0.5, 0.6) is 5.75 Å². The maximum absolute atomic E-state index is 13.1. The number of halogens is 1. The molecule has 0 amide bonds. The van der Waals surface area contributed by atoms with Crippen molar-refractivity contribution >= 4 is 15.7 Å². The zero-order valence-corrected chi connectivity index (χ0v) is 10.9. The Kier molecular flexibility index (Phi) is 3.59. The third kappa shape index (κ3) is 2.87. The third-order valence-electron chi connectivity index (χ3n) is 2.49. The zero-order valence-electron chi connectivity index (χ0n) is 10.0. The zero-order chi connectivity index (χ0) is 14.8. The minimum absolute atomic E-state index is 0.00957. The predicted octanol–water partition coefficient (Wildman–Crippen LogP) is 2.20. The summed E-state index contributed by atoms with van der Waals surface area (Å²) in [5.74, 6) is -1.49. The first-order valence-corrected chi connectivity index (χ1v) is 6.92. The van der Waals surface area contributed by atoms with Gasteiger partial charge in [-0.1, -0.05) is 0 Å². The van der Waals surface area contributed by atoms with Crippen LogP contribution in [0.4, 0.5) is 10.1 Å². The molecule has 0 saturated heterocycles. The van der Waals surface area contributed by atoms with E-state index in [-0.39, 0.29) is 10.6 Å². The van der Waals surface area contributed by atoms with Gasteiger partial charge < -0.3 is 5.11 Å². The lowest BCUT2D eigenvalue weighted by Gasteiger charge is -2.08. The van der Waals surface area contributed by atoms with Gasteiger partial charge in [0.2, 0.25) is 0 Å². The van der Waals surface area contributed by atoms with Gasteiger partial charge in [-0.05, 0) is 36.4 Å². The normalized spacial score (nSPS) is 10.8. The number of aromatic hydroxyl groups is 1. The molecule has 0 aliphatic rings. The summed E-state index contributed by atoms with van der Waals surface area (Å²) in [4.78, 5) is -0.0509. The van der Waals surface area contributed by atoms with Crippen molar-refractivity contribution in [3.63, 3.8) is 0 Å².